The molecular weight excluding hydrogens is 368 g/mol. The largest absolute Gasteiger partial charge is 0.369 e. The maximum atomic E-state index is 12.2. The number of aryl methyl sites for hydroxylation is 2. The van der Waals surface area contributed by atoms with Crippen LogP contribution >= 0.6 is 0 Å². The van der Waals surface area contributed by atoms with E-state index in [1.807, 2.05) is 18.2 Å². The number of imidazole rings is 1. The number of pyridine rings is 1. The van der Waals surface area contributed by atoms with Crippen molar-refractivity contribution in [2.24, 2.45) is 7.05 Å². The molecule has 3 rings (SSSR count). The molecule has 0 radical (unpaired) electrons. The lowest BCUT2D eigenvalue weighted by atomic mass is 10.4. The molecule has 0 spiro atoms. The van der Waals surface area contributed by atoms with Crippen LogP contribution in [-0.2, 0) is 17.1 Å². The molecule has 3 heterocycles. The zero-order chi connectivity index (χ0) is 19.3. The van der Waals surface area contributed by atoms with Crippen molar-refractivity contribution in [3.63, 3.8) is 0 Å². The second kappa shape index (κ2) is 8.10. The summed E-state index contributed by atoms with van der Waals surface area (Å²) in [6.07, 6.45) is 4.57. The van der Waals surface area contributed by atoms with Gasteiger partial charge in [0.25, 0.3) is 10.0 Å². The van der Waals surface area contributed by atoms with Gasteiger partial charge in [0.2, 0.25) is 0 Å². The van der Waals surface area contributed by atoms with Gasteiger partial charge in [0.15, 0.2) is 5.03 Å². The number of anilines is 3. The van der Waals surface area contributed by atoms with Crippen molar-refractivity contribution in [2.45, 2.75) is 11.9 Å². The Hall–Kier alpha value is -3.05. The predicted octanol–water partition coefficient (Wildman–Crippen LogP) is 1.05. The first-order chi connectivity index (χ1) is 12.9. The molecule has 0 aliphatic rings. The lowest BCUT2D eigenvalue weighted by Crippen LogP contribution is -2.29. The Morgan fingerprint density at radius 2 is 1.89 bits per heavy atom. The fourth-order valence-corrected chi connectivity index (χ4v) is 3.26. The smallest absolute Gasteiger partial charge is 0.259 e. The Labute approximate surface area is 157 Å². The Balaban J connectivity index is 1.52. The molecule has 3 aromatic rings. The highest BCUT2D eigenvalue weighted by molar-refractivity contribution is 7.89. The van der Waals surface area contributed by atoms with E-state index < -0.39 is 10.0 Å². The molecule has 0 bridgehead atoms. The molecule has 3 aromatic heterocycles. The minimum atomic E-state index is -3.64. The van der Waals surface area contributed by atoms with Crippen LogP contribution in [0.2, 0.25) is 0 Å². The minimum Gasteiger partial charge on any atom is -0.369 e. The van der Waals surface area contributed by atoms with Crippen molar-refractivity contribution in [3.05, 3.63) is 48.8 Å². The summed E-state index contributed by atoms with van der Waals surface area (Å²) < 4.78 is 28.6. The van der Waals surface area contributed by atoms with Crippen molar-refractivity contribution >= 4 is 27.5 Å². The molecule has 0 saturated carbocycles. The summed E-state index contributed by atoms with van der Waals surface area (Å²) in [6.45, 7) is 2.28. The topological polar surface area (TPSA) is 127 Å². The van der Waals surface area contributed by atoms with Gasteiger partial charge in [-0.3, -0.25) is 0 Å². The maximum Gasteiger partial charge on any atom is 0.259 e. The standard InChI is InChI=1S/C16H20N8O2S/c1-12-22-16(10-24(12)2)27(25,26)21-8-7-18-14-9-15(20-11-19-14)23-13-5-3-4-6-17-13/h3-6,9-11,21H,7-8H2,1-2H3,(H2,17,18,19,20,23). The van der Waals surface area contributed by atoms with Gasteiger partial charge in [-0.1, -0.05) is 6.07 Å². The summed E-state index contributed by atoms with van der Waals surface area (Å²) in [7, 11) is -1.90. The van der Waals surface area contributed by atoms with E-state index in [9.17, 15) is 8.42 Å². The van der Waals surface area contributed by atoms with Crippen molar-refractivity contribution in [3.8, 4) is 0 Å². The number of hydrogen-bond acceptors (Lipinski definition) is 8. The van der Waals surface area contributed by atoms with E-state index in [4.69, 9.17) is 0 Å². The maximum absolute atomic E-state index is 12.2. The second-order valence-electron chi connectivity index (χ2n) is 5.69. The zero-order valence-electron chi connectivity index (χ0n) is 14.9. The van der Waals surface area contributed by atoms with Gasteiger partial charge < -0.3 is 15.2 Å². The Morgan fingerprint density at radius 3 is 2.59 bits per heavy atom. The van der Waals surface area contributed by atoms with Crippen LogP contribution in [0.15, 0.2) is 48.0 Å². The van der Waals surface area contributed by atoms with Crippen LogP contribution in [0.3, 0.4) is 0 Å². The summed E-state index contributed by atoms with van der Waals surface area (Å²) in [5.74, 6) is 2.44. The molecule has 0 atom stereocenters. The van der Waals surface area contributed by atoms with Crippen LogP contribution in [0.1, 0.15) is 5.82 Å². The molecule has 3 N–H and O–H groups in total. The van der Waals surface area contributed by atoms with Gasteiger partial charge >= 0.3 is 0 Å². The highest BCUT2D eigenvalue weighted by atomic mass is 32.2. The number of hydrogen-bond donors (Lipinski definition) is 3. The summed E-state index contributed by atoms with van der Waals surface area (Å²) in [5, 5.41) is 6.12. The van der Waals surface area contributed by atoms with Crippen LogP contribution in [-0.4, -0.2) is 46.0 Å². The van der Waals surface area contributed by atoms with Gasteiger partial charge in [-0.2, -0.15) is 0 Å². The molecule has 0 aliphatic carbocycles. The molecule has 0 amide bonds. The van der Waals surface area contributed by atoms with E-state index in [0.717, 1.165) is 0 Å². The average molecular weight is 388 g/mol. The van der Waals surface area contributed by atoms with E-state index in [2.05, 4.69) is 35.3 Å². The first-order valence-electron chi connectivity index (χ1n) is 8.18. The van der Waals surface area contributed by atoms with E-state index in [-0.39, 0.29) is 11.6 Å². The molecule has 0 fully saturated rings. The van der Waals surface area contributed by atoms with Gasteiger partial charge in [-0.15, -0.1) is 0 Å². The third kappa shape index (κ3) is 4.99. The van der Waals surface area contributed by atoms with Crippen molar-refractivity contribution < 1.29 is 8.42 Å². The number of rotatable bonds is 8. The lowest BCUT2D eigenvalue weighted by molar-refractivity contribution is 0.579. The number of aromatic nitrogens is 5. The quantitative estimate of drug-likeness (QED) is 0.489. The van der Waals surface area contributed by atoms with E-state index >= 15 is 0 Å². The number of nitrogens with zero attached hydrogens (tertiary/aromatic N) is 5. The molecule has 0 aromatic carbocycles. The lowest BCUT2D eigenvalue weighted by Gasteiger charge is -2.08. The molecular formula is C16H20N8O2S. The number of nitrogens with one attached hydrogen (secondary N) is 3. The van der Waals surface area contributed by atoms with Crippen LogP contribution in [0.4, 0.5) is 17.5 Å². The van der Waals surface area contributed by atoms with Gasteiger partial charge in [0.1, 0.15) is 29.6 Å². The third-order valence-electron chi connectivity index (χ3n) is 3.67. The fraction of sp³-hybridized carbons (Fsp3) is 0.250. The Morgan fingerprint density at radius 1 is 1.07 bits per heavy atom. The predicted molar refractivity (Wildman–Crippen MR) is 101 cm³/mol. The van der Waals surface area contributed by atoms with E-state index in [1.54, 1.807) is 30.8 Å². The van der Waals surface area contributed by atoms with Crippen LogP contribution in [0.25, 0.3) is 0 Å². The SMILES string of the molecule is Cc1nc(S(=O)(=O)NCCNc2cc(Nc3ccccn3)ncn2)cn1C. The molecule has 10 nitrogen and oxygen atoms in total. The fourth-order valence-electron chi connectivity index (χ4n) is 2.20. The van der Waals surface area contributed by atoms with Crippen molar-refractivity contribution in [1.82, 2.24) is 29.2 Å². The van der Waals surface area contributed by atoms with Crippen molar-refractivity contribution in [2.75, 3.05) is 23.7 Å². The van der Waals surface area contributed by atoms with Crippen LogP contribution < -0.4 is 15.4 Å². The summed E-state index contributed by atoms with van der Waals surface area (Å²) in [4.78, 5) is 16.4. The molecule has 142 valence electrons. The van der Waals surface area contributed by atoms with Gasteiger partial charge in [-0.25, -0.2) is 33.1 Å². The Kier molecular flexibility index (Phi) is 5.62. The Bertz CT molecular complexity index is 985. The van der Waals surface area contributed by atoms with Crippen molar-refractivity contribution in [1.29, 1.82) is 0 Å². The number of sulfonamides is 1. The summed E-state index contributed by atoms with van der Waals surface area (Å²) in [6, 6.07) is 7.23. The zero-order valence-corrected chi connectivity index (χ0v) is 15.7. The first kappa shape index (κ1) is 18.7. The minimum absolute atomic E-state index is 0.00591. The summed E-state index contributed by atoms with van der Waals surface area (Å²) >= 11 is 0. The van der Waals surface area contributed by atoms with E-state index in [0.29, 0.717) is 29.8 Å². The normalized spacial score (nSPS) is 11.3. The van der Waals surface area contributed by atoms with Gasteiger partial charge in [0, 0.05) is 38.6 Å². The third-order valence-corrected chi connectivity index (χ3v) is 5.00. The van der Waals surface area contributed by atoms with Gasteiger partial charge in [0.05, 0.1) is 0 Å². The van der Waals surface area contributed by atoms with E-state index in [1.165, 1.54) is 12.5 Å². The van der Waals surface area contributed by atoms with Crippen LogP contribution in [0, 0.1) is 6.92 Å². The average Bonchev–Trinajstić information content (AvgIpc) is 3.00. The first-order valence-corrected chi connectivity index (χ1v) is 9.66. The highest BCUT2D eigenvalue weighted by Crippen LogP contribution is 2.13. The second-order valence-corrected chi connectivity index (χ2v) is 7.40. The molecule has 11 heteroatoms. The molecule has 27 heavy (non-hydrogen) atoms. The van der Waals surface area contributed by atoms with Gasteiger partial charge in [-0.05, 0) is 19.1 Å². The highest BCUT2D eigenvalue weighted by Gasteiger charge is 2.17. The monoisotopic (exact) mass is 388 g/mol. The molecule has 0 aliphatic heterocycles. The molecule has 0 saturated heterocycles. The molecule has 0 unspecified atom stereocenters. The summed E-state index contributed by atoms with van der Waals surface area (Å²) in [5.41, 5.74) is 0. The van der Waals surface area contributed by atoms with Crippen LogP contribution in [0.5, 0.6) is 0 Å².